The van der Waals surface area contributed by atoms with Crippen molar-refractivity contribution in [3.8, 4) is 0 Å². The number of aryl methyl sites for hydroxylation is 1. The molecule has 7 heteroatoms. The van der Waals surface area contributed by atoms with Gasteiger partial charge in [-0.1, -0.05) is 16.8 Å². The molecule has 0 aliphatic rings. The van der Waals surface area contributed by atoms with Gasteiger partial charge in [-0.05, 0) is 13.0 Å². The summed E-state index contributed by atoms with van der Waals surface area (Å²) in [6.07, 6.45) is 1.36. The molecule has 0 bridgehead atoms. The molecule has 0 saturated carbocycles. The van der Waals surface area contributed by atoms with E-state index in [2.05, 4.69) is 10.1 Å². The Morgan fingerprint density at radius 1 is 1.53 bits per heavy atom. The van der Waals surface area contributed by atoms with Crippen molar-refractivity contribution in [3.05, 3.63) is 40.5 Å². The largest absolute Gasteiger partial charge is 0.397 e. The third-order valence-corrected chi connectivity index (χ3v) is 2.76. The molecule has 2 heterocycles. The average molecular weight is 281 g/mol. The van der Waals surface area contributed by atoms with Gasteiger partial charge in [0.15, 0.2) is 0 Å². The lowest BCUT2D eigenvalue weighted by Crippen LogP contribution is -2.27. The third kappa shape index (κ3) is 3.03. The molecule has 19 heavy (non-hydrogen) atoms. The Bertz CT molecular complexity index is 612. The van der Waals surface area contributed by atoms with E-state index in [0.717, 1.165) is 0 Å². The summed E-state index contributed by atoms with van der Waals surface area (Å²) in [4.78, 5) is 17.5. The van der Waals surface area contributed by atoms with E-state index >= 15 is 0 Å². The average Bonchev–Trinajstić information content (AvgIpc) is 2.77. The molecule has 100 valence electrons. The maximum atomic E-state index is 12.2. The van der Waals surface area contributed by atoms with E-state index in [1.165, 1.54) is 17.2 Å². The molecule has 0 radical (unpaired) electrons. The van der Waals surface area contributed by atoms with Crippen LogP contribution in [0.1, 0.15) is 21.8 Å². The molecule has 2 aromatic heterocycles. The summed E-state index contributed by atoms with van der Waals surface area (Å²) in [7, 11) is 1.65. The number of carbonyl (C=O) groups is 1. The van der Waals surface area contributed by atoms with Crippen LogP contribution in [-0.4, -0.2) is 28.0 Å². The Balaban J connectivity index is 2.16. The first-order chi connectivity index (χ1) is 8.97. The van der Waals surface area contributed by atoms with Crippen molar-refractivity contribution >= 4 is 23.2 Å². The van der Waals surface area contributed by atoms with E-state index in [-0.39, 0.29) is 16.7 Å². The SMILES string of the molecule is Cc1cc(CN(C)C(=O)c2cc(Cl)ncc2N)no1. The quantitative estimate of drug-likeness (QED) is 0.868. The molecule has 1 amide bonds. The normalized spacial score (nSPS) is 10.5. The molecule has 6 nitrogen and oxygen atoms in total. The lowest BCUT2D eigenvalue weighted by Gasteiger charge is -2.16. The first-order valence-electron chi connectivity index (χ1n) is 5.56. The van der Waals surface area contributed by atoms with Crippen molar-refractivity contribution in [2.45, 2.75) is 13.5 Å². The van der Waals surface area contributed by atoms with Crippen LogP contribution in [0, 0.1) is 6.92 Å². The van der Waals surface area contributed by atoms with E-state index < -0.39 is 0 Å². The number of amides is 1. The van der Waals surface area contributed by atoms with Gasteiger partial charge in [-0.25, -0.2) is 4.98 Å². The lowest BCUT2D eigenvalue weighted by atomic mass is 10.2. The Morgan fingerprint density at radius 3 is 2.89 bits per heavy atom. The highest BCUT2D eigenvalue weighted by molar-refractivity contribution is 6.29. The first kappa shape index (κ1) is 13.4. The molecule has 2 rings (SSSR count). The van der Waals surface area contributed by atoms with Crippen LogP contribution in [0.3, 0.4) is 0 Å². The number of aromatic nitrogens is 2. The molecule has 2 N–H and O–H groups in total. The fourth-order valence-corrected chi connectivity index (χ4v) is 1.80. The summed E-state index contributed by atoms with van der Waals surface area (Å²) in [6.45, 7) is 2.12. The molecule has 0 aliphatic carbocycles. The Kier molecular flexibility index (Phi) is 3.71. The van der Waals surface area contributed by atoms with Crippen molar-refractivity contribution < 1.29 is 9.32 Å². The molecule has 0 aliphatic heterocycles. The highest BCUT2D eigenvalue weighted by Gasteiger charge is 2.17. The molecular weight excluding hydrogens is 268 g/mol. The first-order valence-corrected chi connectivity index (χ1v) is 5.94. The Hall–Kier alpha value is -2.08. The van der Waals surface area contributed by atoms with Crippen LogP contribution < -0.4 is 5.73 Å². The van der Waals surface area contributed by atoms with Gasteiger partial charge in [0.05, 0.1) is 24.0 Å². The Labute approximate surface area is 115 Å². The lowest BCUT2D eigenvalue weighted by molar-refractivity contribution is 0.0783. The van der Waals surface area contributed by atoms with Gasteiger partial charge in [0, 0.05) is 13.1 Å². The molecule has 2 aromatic rings. The van der Waals surface area contributed by atoms with Gasteiger partial charge in [-0.2, -0.15) is 0 Å². The van der Waals surface area contributed by atoms with Crippen LogP contribution in [0.15, 0.2) is 22.9 Å². The minimum atomic E-state index is -0.248. The molecule has 0 aromatic carbocycles. The fraction of sp³-hybridized carbons (Fsp3) is 0.250. The number of anilines is 1. The second-order valence-corrected chi connectivity index (χ2v) is 4.57. The Morgan fingerprint density at radius 2 is 2.26 bits per heavy atom. The topological polar surface area (TPSA) is 85.2 Å². The second kappa shape index (κ2) is 5.27. The van der Waals surface area contributed by atoms with E-state index in [4.69, 9.17) is 21.9 Å². The highest BCUT2D eigenvalue weighted by atomic mass is 35.5. The van der Waals surface area contributed by atoms with Crippen LogP contribution in [0.25, 0.3) is 0 Å². The standard InChI is InChI=1S/C12H13ClN4O2/c1-7-3-8(16-19-7)6-17(2)12(18)9-4-11(13)15-5-10(9)14/h3-5H,6,14H2,1-2H3. The molecule has 0 fully saturated rings. The van der Waals surface area contributed by atoms with E-state index in [0.29, 0.717) is 23.6 Å². The number of pyridine rings is 1. The van der Waals surface area contributed by atoms with Crippen LogP contribution in [0.4, 0.5) is 5.69 Å². The summed E-state index contributed by atoms with van der Waals surface area (Å²) in [5.74, 6) is 0.449. The van der Waals surface area contributed by atoms with Gasteiger partial charge < -0.3 is 15.2 Å². The summed E-state index contributed by atoms with van der Waals surface area (Å²) >= 11 is 5.76. The van der Waals surface area contributed by atoms with Crippen molar-refractivity contribution in [1.29, 1.82) is 0 Å². The smallest absolute Gasteiger partial charge is 0.256 e. The number of nitrogen functional groups attached to an aromatic ring is 1. The maximum Gasteiger partial charge on any atom is 0.256 e. The molecule has 0 unspecified atom stereocenters. The maximum absolute atomic E-state index is 12.2. The second-order valence-electron chi connectivity index (χ2n) is 4.18. The number of carbonyl (C=O) groups excluding carboxylic acids is 1. The van der Waals surface area contributed by atoms with E-state index in [9.17, 15) is 4.79 Å². The highest BCUT2D eigenvalue weighted by Crippen LogP contribution is 2.17. The van der Waals surface area contributed by atoms with Crippen molar-refractivity contribution in [2.24, 2.45) is 0 Å². The third-order valence-electron chi connectivity index (χ3n) is 2.55. The van der Waals surface area contributed by atoms with Crippen LogP contribution in [-0.2, 0) is 6.54 Å². The monoisotopic (exact) mass is 280 g/mol. The van der Waals surface area contributed by atoms with Crippen LogP contribution >= 0.6 is 11.6 Å². The predicted molar refractivity (Wildman–Crippen MR) is 70.7 cm³/mol. The number of halogens is 1. The molecular formula is C12H13ClN4O2. The predicted octanol–water partition coefficient (Wildman–Crippen LogP) is 1.89. The number of hydrogen-bond donors (Lipinski definition) is 1. The van der Waals surface area contributed by atoms with Crippen molar-refractivity contribution in [3.63, 3.8) is 0 Å². The summed E-state index contributed by atoms with van der Waals surface area (Å²) in [6, 6.07) is 3.22. The van der Waals surface area contributed by atoms with Gasteiger partial charge in [-0.15, -0.1) is 0 Å². The zero-order valence-corrected chi connectivity index (χ0v) is 11.3. The van der Waals surface area contributed by atoms with Crippen LogP contribution in [0.5, 0.6) is 0 Å². The summed E-state index contributed by atoms with van der Waals surface area (Å²) in [5, 5.41) is 4.06. The van der Waals surface area contributed by atoms with Crippen LogP contribution in [0.2, 0.25) is 5.15 Å². The van der Waals surface area contributed by atoms with Gasteiger partial charge in [0.2, 0.25) is 0 Å². The molecule has 0 atom stereocenters. The van der Waals surface area contributed by atoms with E-state index in [1.54, 1.807) is 20.0 Å². The van der Waals surface area contributed by atoms with E-state index in [1.807, 2.05) is 0 Å². The summed E-state index contributed by atoms with van der Waals surface area (Å²) < 4.78 is 4.95. The van der Waals surface area contributed by atoms with Crippen molar-refractivity contribution in [2.75, 3.05) is 12.8 Å². The van der Waals surface area contributed by atoms with Gasteiger partial charge >= 0.3 is 0 Å². The molecule has 0 saturated heterocycles. The number of nitrogens with zero attached hydrogens (tertiary/aromatic N) is 3. The minimum Gasteiger partial charge on any atom is -0.397 e. The van der Waals surface area contributed by atoms with Gasteiger partial charge in [0.25, 0.3) is 5.91 Å². The van der Waals surface area contributed by atoms with Crippen molar-refractivity contribution in [1.82, 2.24) is 15.0 Å². The van der Waals surface area contributed by atoms with Gasteiger partial charge in [-0.3, -0.25) is 4.79 Å². The van der Waals surface area contributed by atoms with Gasteiger partial charge in [0.1, 0.15) is 16.6 Å². The zero-order valence-electron chi connectivity index (χ0n) is 10.6. The summed E-state index contributed by atoms with van der Waals surface area (Å²) in [5.41, 5.74) is 7.01. The number of hydrogen-bond acceptors (Lipinski definition) is 5. The minimum absolute atomic E-state index is 0.225. The number of nitrogens with two attached hydrogens (primary N) is 1. The number of rotatable bonds is 3. The fourth-order valence-electron chi connectivity index (χ4n) is 1.64. The zero-order chi connectivity index (χ0) is 14.0. The molecule has 0 spiro atoms.